The number of carbonyl (C=O) groups is 2. The highest BCUT2D eigenvalue weighted by molar-refractivity contribution is 9.10. The smallest absolute Gasteiger partial charge is 0.242 e. The van der Waals surface area contributed by atoms with E-state index in [-0.39, 0.29) is 35.4 Å². The highest BCUT2D eigenvalue weighted by Gasteiger charge is 2.27. The normalized spacial score (nSPS) is 12.0. The van der Waals surface area contributed by atoms with Gasteiger partial charge in [-0.1, -0.05) is 59.6 Å². The fourth-order valence-corrected chi connectivity index (χ4v) is 3.27. The van der Waals surface area contributed by atoms with Gasteiger partial charge in [0, 0.05) is 28.1 Å². The van der Waals surface area contributed by atoms with Crippen LogP contribution in [0.3, 0.4) is 0 Å². The second kappa shape index (κ2) is 10.7. The van der Waals surface area contributed by atoms with Crippen molar-refractivity contribution >= 4 is 39.3 Å². The summed E-state index contributed by atoms with van der Waals surface area (Å²) in [5, 5.41) is 3.05. The van der Waals surface area contributed by atoms with E-state index < -0.39 is 11.9 Å². The van der Waals surface area contributed by atoms with E-state index in [1.54, 1.807) is 13.0 Å². The van der Waals surface area contributed by atoms with Crippen molar-refractivity contribution < 1.29 is 14.0 Å². The first-order chi connectivity index (χ1) is 13.7. The van der Waals surface area contributed by atoms with Crippen LogP contribution in [-0.2, 0) is 22.6 Å². The summed E-state index contributed by atoms with van der Waals surface area (Å²) >= 11 is 9.47. The number of nitrogens with zero attached hydrogens (tertiary/aromatic N) is 1. The number of nitrogens with one attached hydrogen (secondary N) is 1. The molecule has 0 radical (unpaired) electrons. The van der Waals surface area contributed by atoms with Gasteiger partial charge in [-0.3, -0.25) is 9.59 Å². The summed E-state index contributed by atoms with van der Waals surface area (Å²) in [4.78, 5) is 27.2. The average Bonchev–Trinajstić information content (AvgIpc) is 2.67. The van der Waals surface area contributed by atoms with Crippen LogP contribution in [0.5, 0.6) is 0 Å². The van der Waals surface area contributed by atoms with Crippen molar-refractivity contribution in [2.75, 3.05) is 6.54 Å². The van der Waals surface area contributed by atoms with E-state index in [0.717, 1.165) is 10.0 Å². The van der Waals surface area contributed by atoms with E-state index >= 15 is 0 Å². The number of hydrogen-bond acceptors (Lipinski definition) is 2. The highest BCUT2D eigenvalue weighted by atomic mass is 79.9. The second-order valence-corrected chi connectivity index (χ2v) is 8.66. The molecule has 0 spiro atoms. The Morgan fingerprint density at radius 3 is 2.38 bits per heavy atom. The largest absolute Gasteiger partial charge is 0.354 e. The molecule has 0 aliphatic heterocycles. The average molecular weight is 484 g/mol. The van der Waals surface area contributed by atoms with Gasteiger partial charge in [-0.05, 0) is 42.7 Å². The molecule has 0 bridgehead atoms. The summed E-state index contributed by atoms with van der Waals surface area (Å²) in [6, 6.07) is 11.1. The van der Waals surface area contributed by atoms with Crippen LogP contribution in [0.25, 0.3) is 0 Å². The van der Waals surface area contributed by atoms with E-state index in [4.69, 9.17) is 11.6 Å². The SMILES string of the molecule is CC(C)CNC(=O)[C@@H](C)N(Cc1ccc(Br)cc1)C(=O)Cc1c(F)cccc1Cl. The third-order valence-electron chi connectivity index (χ3n) is 4.51. The number of benzene rings is 2. The van der Waals surface area contributed by atoms with Gasteiger partial charge in [0.2, 0.25) is 11.8 Å². The highest BCUT2D eigenvalue weighted by Crippen LogP contribution is 2.22. The monoisotopic (exact) mass is 482 g/mol. The maximum Gasteiger partial charge on any atom is 0.242 e. The van der Waals surface area contributed by atoms with Crippen molar-refractivity contribution in [3.63, 3.8) is 0 Å². The Labute approximate surface area is 184 Å². The van der Waals surface area contributed by atoms with Gasteiger partial charge in [-0.15, -0.1) is 0 Å². The van der Waals surface area contributed by atoms with Gasteiger partial charge in [-0.2, -0.15) is 0 Å². The van der Waals surface area contributed by atoms with Gasteiger partial charge in [0.1, 0.15) is 11.9 Å². The van der Waals surface area contributed by atoms with Gasteiger partial charge in [0.05, 0.1) is 6.42 Å². The fourth-order valence-electron chi connectivity index (χ4n) is 2.78. The first-order valence-corrected chi connectivity index (χ1v) is 10.6. The van der Waals surface area contributed by atoms with Crippen molar-refractivity contribution in [2.24, 2.45) is 5.92 Å². The van der Waals surface area contributed by atoms with Crippen molar-refractivity contribution in [3.8, 4) is 0 Å². The lowest BCUT2D eigenvalue weighted by molar-refractivity contribution is -0.140. The third kappa shape index (κ3) is 6.82. The number of hydrogen-bond donors (Lipinski definition) is 1. The summed E-state index contributed by atoms with van der Waals surface area (Å²) < 4.78 is 15.1. The molecular weight excluding hydrogens is 459 g/mol. The van der Waals surface area contributed by atoms with Crippen LogP contribution in [0.1, 0.15) is 31.9 Å². The zero-order valence-electron chi connectivity index (χ0n) is 16.7. The fraction of sp³-hybridized carbons (Fsp3) is 0.364. The topological polar surface area (TPSA) is 49.4 Å². The van der Waals surface area contributed by atoms with Crippen molar-refractivity contribution in [2.45, 2.75) is 39.8 Å². The lowest BCUT2D eigenvalue weighted by atomic mass is 10.1. The summed E-state index contributed by atoms with van der Waals surface area (Å²) in [7, 11) is 0. The summed E-state index contributed by atoms with van der Waals surface area (Å²) in [5.41, 5.74) is 0.999. The molecule has 4 nitrogen and oxygen atoms in total. The molecule has 0 aliphatic carbocycles. The van der Waals surface area contributed by atoms with E-state index in [0.29, 0.717) is 12.5 Å². The van der Waals surface area contributed by atoms with E-state index in [9.17, 15) is 14.0 Å². The Balaban J connectivity index is 2.26. The predicted octanol–water partition coefficient (Wildman–Crippen LogP) is 4.97. The molecule has 0 aromatic heterocycles. The molecule has 0 fully saturated rings. The van der Waals surface area contributed by atoms with Crippen LogP contribution >= 0.6 is 27.5 Å². The van der Waals surface area contributed by atoms with E-state index in [1.165, 1.54) is 17.0 Å². The van der Waals surface area contributed by atoms with E-state index in [1.807, 2.05) is 38.1 Å². The summed E-state index contributed by atoms with van der Waals surface area (Å²) in [6.45, 7) is 6.41. The molecule has 2 aromatic rings. The molecule has 2 amide bonds. The van der Waals surface area contributed by atoms with Crippen LogP contribution in [-0.4, -0.2) is 29.3 Å². The molecule has 29 heavy (non-hydrogen) atoms. The molecular formula is C22H25BrClFN2O2. The molecule has 1 N–H and O–H groups in total. The van der Waals surface area contributed by atoms with Gasteiger partial charge < -0.3 is 10.2 Å². The lowest BCUT2D eigenvalue weighted by Gasteiger charge is -2.29. The van der Waals surface area contributed by atoms with Gasteiger partial charge in [0.15, 0.2) is 0 Å². The quantitative estimate of drug-likeness (QED) is 0.576. The lowest BCUT2D eigenvalue weighted by Crippen LogP contribution is -2.48. The molecule has 156 valence electrons. The van der Waals surface area contributed by atoms with Crippen LogP contribution in [0, 0.1) is 11.7 Å². The third-order valence-corrected chi connectivity index (χ3v) is 5.39. The Kier molecular flexibility index (Phi) is 8.65. The summed E-state index contributed by atoms with van der Waals surface area (Å²) in [5.74, 6) is -0.860. The molecule has 1 atom stereocenters. The minimum Gasteiger partial charge on any atom is -0.354 e. The van der Waals surface area contributed by atoms with Crippen LogP contribution in [0.15, 0.2) is 46.9 Å². The van der Waals surface area contributed by atoms with Crippen molar-refractivity contribution in [1.29, 1.82) is 0 Å². The molecule has 0 saturated carbocycles. The number of rotatable bonds is 8. The van der Waals surface area contributed by atoms with Crippen LogP contribution in [0.4, 0.5) is 4.39 Å². The predicted molar refractivity (Wildman–Crippen MR) is 117 cm³/mol. The maximum atomic E-state index is 14.2. The zero-order valence-corrected chi connectivity index (χ0v) is 19.1. The molecule has 0 heterocycles. The number of halogens is 3. The number of carbonyl (C=O) groups excluding carboxylic acids is 2. The Bertz CT molecular complexity index is 838. The Morgan fingerprint density at radius 1 is 1.14 bits per heavy atom. The van der Waals surface area contributed by atoms with Crippen LogP contribution < -0.4 is 5.32 Å². The first-order valence-electron chi connectivity index (χ1n) is 9.43. The molecule has 2 rings (SSSR count). The molecule has 0 saturated heterocycles. The van der Waals surface area contributed by atoms with Crippen molar-refractivity contribution in [1.82, 2.24) is 10.2 Å². The first kappa shape index (κ1) is 23.4. The summed E-state index contributed by atoms with van der Waals surface area (Å²) in [6.07, 6.45) is -0.218. The Morgan fingerprint density at radius 2 is 1.79 bits per heavy atom. The van der Waals surface area contributed by atoms with Gasteiger partial charge in [-0.25, -0.2) is 4.39 Å². The molecule has 0 aliphatic rings. The second-order valence-electron chi connectivity index (χ2n) is 7.34. The van der Waals surface area contributed by atoms with Crippen molar-refractivity contribution in [3.05, 3.63) is 68.9 Å². The molecule has 7 heteroatoms. The molecule has 0 unspecified atom stereocenters. The molecule has 2 aromatic carbocycles. The zero-order chi connectivity index (χ0) is 21.6. The van der Waals surface area contributed by atoms with Gasteiger partial charge in [0.25, 0.3) is 0 Å². The maximum absolute atomic E-state index is 14.2. The minimum absolute atomic E-state index is 0.134. The minimum atomic E-state index is -0.713. The standard InChI is InChI=1S/C22H25BrClFN2O2/c1-14(2)12-26-22(29)15(3)27(13-16-7-9-17(23)10-8-16)21(28)11-18-19(24)5-4-6-20(18)25/h4-10,14-15H,11-13H2,1-3H3,(H,26,29)/t15-/m1/s1. The van der Waals surface area contributed by atoms with E-state index in [2.05, 4.69) is 21.2 Å². The van der Waals surface area contributed by atoms with Crippen LogP contribution in [0.2, 0.25) is 5.02 Å². The number of amides is 2. The van der Waals surface area contributed by atoms with Gasteiger partial charge >= 0.3 is 0 Å². The Hall–Kier alpha value is -1.92.